The number of fused-ring (bicyclic) bond motifs is 1. The van der Waals surface area contributed by atoms with Crippen LogP contribution < -0.4 is 14.9 Å². The number of para-hydroxylation sites is 2. The van der Waals surface area contributed by atoms with Gasteiger partial charge in [-0.15, -0.1) is 0 Å². The average molecular weight is 480 g/mol. The van der Waals surface area contributed by atoms with E-state index in [2.05, 4.69) is 15.5 Å². The van der Waals surface area contributed by atoms with Crippen molar-refractivity contribution in [3.8, 4) is 11.5 Å². The van der Waals surface area contributed by atoms with Gasteiger partial charge in [0.05, 0.1) is 18.6 Å². The predicted octanol–water partition coefficient (Wildman–Crippen LogP) is 5.19. The van der Waals surface area contributed by atoms with E-state index in [1.165, 1.54) is 30.1 Å². The van der Waals surface area contributed by atoms with E-state index < -0.39 is 0 Å². The van der Waals surface area contributed by atoms with E-state index in [1.807, 2.05) is 31.2 Å². The normalized spacial score (nSPS) is 11.1. The fourth-order valence-electron chi connectivity index (χ4n) is 2.99. The third kappa shape index (κ3) is 6.35. The summed E-state index contributed by atoms with van der Waals surface area (Å²) in [5.41, 5.74) is 5.49. The van der Waals surface area contributed by atoms with Crippen LogP contribution in [0.2, 0.25) is 0 Å². The molecule has 1 heterocycles. The Kier molecular flexibility index (Phi) is 7.77. The number of nitrogens with zero attached hydrogens (tertiary/aromatic N) is 2. The van der Waals surface area contributed by atoms with Crippen LogP contribution in [0.5, 0.6) is 11.5 Å². The molecule has 1 amide bonds. The molecular formula is C25H22FN3O4S. The molecule has 0 aliphatic carbocycles. The number of thioether (sulfide) groups is 1. The van der Waals surface area contributed by atoms with E-state index in [1.54, 1.807) is 30.3 Å². The van der Waals surface area contributed by atoms with Crippen LogP contribution in [0, 0.1) is 5.82 Å². The smallest absolute Gasteiger partial charge is 0.257 e. The molecule has 0 aliphatic rings. The molecule has 0 fully saturated rings. The lowest BCUT2D eigenvalue weighted by molar-refractivity contribution is -0.118. The van der Waals surface area contributed by atoms with Crippen LogP contribution in [-0.2, 0) is 11.4 Å². The van der Waals surface area contributed by atoms with Crippen molar-refractivity contribution >= 4 is 35.0 Å². The molecule has 0 saturated heterocycles. The summed E-state index contributed by atoms with van der Waals surface area (Å²) >= 11 is 1.19. The Hall–Kier alpha value is -3.85. The van der Waals surface area contributed by atoms with Crippen molar-refractivity contribution in [3.63, 3.8) is 0 Å². The number of benzene rings is 3. The van der Waals surface area contributed by atoms with Gasteiger partial charge in [0, 0.05) is 0 Å². The molecule has 9 heteroatoms. The first-order valence-electron chi connectivity index (χ1n) is 10.5. The van der Waals surface area contributed by atoms with Crippen LogP contribution in [0.4, 0.5) is 4.39 Å². The number of rotatable bonds is 10. The summed E-state index contributed by atoms with van der Waals surface area (Å²) in [6.45, 7) is 2.61. The first-order valence-corrected chi connectivity index (χ1v) is 11.5. The molecule has 4 rings (SSSR count). The molecule has 0 unspecified atom stereocenters. The Labute approximate surface area is 200 Å². The number of hydrogen-bond donors (Lipinski definition) is 1. The molecule has 0 spiro atoms. The van der Waals surface area contributed by atoms with Gasteiger partial charge in [0.15, 0.2) is 17.1 Å². The number of aromatic nitrogens is 1. The molecule has 0 aliphatic heterocycles. The minimum Gasteiger partial charge on any atom is -0.490 e. The number of carbonyl (C=O) groups excluding carboxylic acids is 1. The van der Waals surface area contributed by atoms with Gasteiger partial charge in [-0.25, -0.2) is 14.8 Å². The fourth-order valence-corrected chi connectivity index (χ4v) is 3.62. The van der Waals surface area contributed by atoms with Gasteiger partial charge >= 0.3 is 0 Å². The topological polar surface area (TPSA) is 86.0 Å². The molecule has 174 valence electrons. The number of nitrogens with one attached hydrogen (secondary N) is 1. The van der Waals surface area contributed by atoms with Crippen LogP contribution in [0.15, 0.2) is 81.5 Å². The van der Waals surface area contributed by atoms with Gasteiger partial charge in [-0.2, -0.15) is 5.10 Å². The lowest BCUT2D eigenvalue weighted by Gasteiger charge is -2.12. The van der Waals surface area contributed by atoms with Crippen molar-refractivity contribution in [2.24, 2.45) is 5.10 Å². The zero-order valence-electron chi connectivity index (χ0n) is 18.4. The van der Waals surface area contributed by atoms with E-state index in [0.717, 1.165) is 16.6 Å². The molecule has 0 atom stereocenters. The molecule has 1 N–H and O–H groups in total. The van der Waals surface area contributed by atoms with Crippen molar-refractivity contribution in [1.82, 2.24) is 10.4 Å². The highest BCUT2D eigenvalue weighted by molar-refractivity contribution is 7.99. The van der Waals surface area contributed by atoms with Gasteiger partial charge in [0.1, 0.15) is 17.9 Å². The second-order valence-corrected chi connectivity index (χ2v) is 8.01. The quantitative estimate of drug-likeness (QED) is 0.191. The lowest BCUT2D eigenvalue weighted by Crippen LogP contribution is -2.19. The number of carbonyl (C=O) groups is 1. The number of ether oxygens (including phenoxy) is 2. The van der Waals surface area contributed by atoms with Gasteiger partial charge in [0.25, 0.3) is 11.1 Å². The number of oxazole rings is 1. The van der Waals surface area contributed by atoms with Gasteiger partial charge in [0.2, 0.25) is 0 Å². The van der Waals surface area contributed by atoms with Crippen LogP contribution in [0.25, 0.3) is 11.1 Å². The largest absolute Gasteiger partial charge is 0.490 e. The zero-order valence-corrected chi connectivity index (χ0v) is 19.2. The van der Waals surface area contributed by atoms with Gasteiger partial charge in [-0.3, -0.25) is 4.79 Å². The molecule has 1 aromatic heterocycles. The summed E-state index contributed by atoms with van der Waals surface area (Å²) in [5, 5.41) is 4.44. The Bertz CT molecular complexity index is 1260. The van der Waals surface area contributed by atoms with Gasteiger partial charge in [-0.1, -0.05) is 36.0 Å². The van der Waals surface area contributed by atoms with E-state index >= 15 is 0 Å². The Balaban J connectivity index is 1.31. The highest BCUT2D eigenvalue weighted by Crippen LogP contribution is 2.29. The predicted molar refractivity (Wildman–Crippen MR) is 129 cm³/mol. The minimum atomic E-state index is -0.292. The highest BCUT2D eigenvalue weighted by atomic mass is 32.2. The molecule has 7 nitrogen and oxygen atoms in total. The van der Waals surface area contributed by atoms with E-state index in [4.69, 9.17) is 13.9 Å². The number of halogens is 1. The van der Waals surface area contributed by atoms with E-state index in [-0.39, 0.29) is 24.1 Å². The van der Waals surface area contributed by atoms with Crippen molar-refractivity contribution in [2.45, 2.75) is 18.8 Å². The van der Waals surface area contributed by atoms with E-state index in [9.17, 15) is 9.18 Å². The maximum atomic E-state index is 13.1. The van der Waals surface area contributed by atoms with Gasteiger partial charge in [-0.05, 0) is 60.5 Å². The number of hydrogen-bond acceptors (Lipinski definition) is 7. The van der Waals surface area contributed by atoms with Crippen LogP contribution in [0.3, 0.4) is 0 Å². The summed E-state index contributed by atoms with van der Waals surface area (Å²) in [4.78, 5) is 16.4. The van der Waals surface area contributed by atoms with Crippen LogP contribution >= 0.6 is 11.8 Å². The maximum absolute atomic E-state index is 13.1. The first kappa shape index (κ1) is 23.3. The SMILES string of the molecule is CCOc1cc(/C=N\NC(=O)CSc2nc3ccccc3o2)ccc1OCc1ccc(F)cc1. The standard InChI is InChI=1S/C25H22FN3O4S/c1-2-31-23-13-18(9-12-22(23)32-15-17-7-10-19(26)11-8-17)14-27-29-24(30)16-34-25-28-20-5-3-4-6-21(20)33-25/h3-14H,2,15-16H2,1H3,(H,29,30)/b27-14-. The average Bonchev–Trinajstić information content (AvgIpc) is 3.27. The number of hydrazone groups is 1. The monoisotopic (exact) mass is 479 g/mol. The molecular weight excluding hydrogens is 457 g/mol. The summed E-state index contributed by atoms with van der Waals surface area (Å²) in [7, 11) is 0. The summed E-state index contributed by atoms with van der Waals surface area (Å²) in [6, 6.07) is 18.9. The molecule has 3 aromatic carbocycles. The maximum Gasteiger partial charge on any atom is 0.257 e. The third-order valence-corrected chi connectivity index (χ3v) is 5.41. The van der Waals surface area contributed by atoms with E-state index in [0.29, 0.717) is 28.9 Å². The molecule has 0 bridgehead atoms. The van der Waals surface area contributed by atoms with Crippen molar-refractivity contribution in [3.05, 3.63) is 83.7 Å². The highest BCUT2D eigenvalue weighted by Gasteiger charge is 2.09. The number of amides is 1. The Morgan fingerprint density at radius 3 is 2.74 bits per heavy atom. The second kappa shape index (κ2) is 11.3. The summed E-state index contributed by atoms with van der Waals surface area (Å²) in [5.74, 6) is 0.644. The summed E-state index contributed by atoms with van der Waals surface area (Å²) in [6.07, 6.45) is 1.52. The molecule has 4 aromatic rings. The molecule has 34 heavy (non-hydrogen) atoms. The molecule has 0 saturated carbocycles. The fraction of sp³-hybridized carbons (Fsp3) is 0.160. The summed E-state index contributed by atoms with van der Waals surface area (Å²) < 4.78 is 30.1. The second-order valence-electron chi connectivity index (χ2n) is 7.08. The molecule has 0 radical (unpaired) electrons. The van der Waals surface area contributed by atoms with Crippen molar-refractivity contribution in [2.75, 3.05) is 12.4 Å². The minimum absolute atomic E-state index is 0.116. The first-order chi connectivity index (χ1) is 16.6. The van der Waals surface area contributed by atoms with Gasteiger partial charge < -0.3 is 13.9 Å². The lowest BCUT2D eigenvalue weighted by atomic mass is 10.2. The Morgan fingerprint density at radius 2 is 1.94 bits per heavy atom. The van der Waals surface area contributed by atoms with Crippen molar-refractivity contribution < 1.29 is 23.1 Å². The Morgan fingerprint density at radius 1 is 1.12 bits per heavy atom. The van der Waals surface area contributed by atoms with Crippen LogP contribution in [0.1, 0.15) is 18.1 Å². The van der Waals surface area contributed by atoms with Crippen molar-refractivity contribution in [1.29, 1.82) is 0 Å². The van der Waals surface area contributed by atoms with Crippen LogP contribution in [-0.4, -0.2) is 29.5 Å². The third-order valence-electron chi connectivity index (χ3n) is 4.58. The zero-order chi connectivity index (χ0) is 23.8.